The number of nitrogens with one attached hydrogen (secondary N) is 2. The summed E-state index contributed by atoms with van der Waals surface area (Å²) < 4.78 is 0. The van der Waals surface area contributed by atoms with Crippen LogP contribution in [0.1, 0.15) is 66.2 Å². The molecule has 1 saturated carbocycles. The molecule has 1 saturated heterocycles. The Morgan fingerprint density at radius 1 is 1.17 bits per heavy atom. The van der Waals surface area contributed by atoms with Crippen molar-refractivity contribution in [2.75, 3.05) is 13.1 Å². The van der Waals surface area contributed by atoms with Crippen molar-refractivity contribution in [3.05, 3.63) is 0 Å². The molecule has 1 unspecified atom stereocenters. The SMILES string of the molecule is CC1(C)CC(NCC(C)(C)C2CCCCC2)CN1. The maximum absolute atomic E-state index is 3.81. The number of hydrogen-bond donors (Lipinski definition) is 2. The van der Waals surface area contributed by atoms with Crippen molar-refractivity contribution >= 4 is 0 Å². The van der Waals surface area contributed by atoms with E-state index in [-0.39, 0.29) is 0 Å². The molecular formula is C16H32N2. The molecule has 2 heteroatoms. The van der Waals surface area contributed by atoms with Crippen LogP contribution in [0.25, 0.3) is 0 Å². The quantitative estimate of drug-likeness (QED) is 0.802. The van der Waals surface area contributed by atoms with E-state index in [0.717, 1.165) is 12.5 Å². The molecule has 0 aromatic rings. The van der Waals surface area contributed by atoms with Crippen LogP contribution in [0, 0.1) is 11.3 Å². The molecule has 1 atom stereocenters. The largest absolute Gasteiger partial charge is 0.312 e. The van der Waals surface area contributed by atoms with Gasteiger partial charge in [0.1, 0.15) is 0 Å². The van der Waals surface area contributed by atoms with E-state index in [9.17, 15) is 0 Å². The average molecular weight is 252 g/mol. The van der Waals surface area contributed by atoms with Gasteiger partial charge >= 0.3 is 0 Å². The van der Waals surface area contributed by atoms with E-state index >= 15 is 0 Å². The molecule has 106 valence electrons. The van der Waals surface area contributed by atoms with Gasteiger partial charge in [-0.1, -0.05) is 33.1 Å². The summed E-state index contributed by atoms with van der Waals surface area (Å²) in [6.07, 6.45) is 8.51. The van der Waals surface area contributed by atoms with Gasteiger partial charge in [0.05, 0.1) is 0 Å². The second-order valence-electron chi connectivity index (χ2n) is 7.87. The molecule has 1 aliphatic carbocycles. The summed E-state index contributed by atoms with van der Waals surface area (Å²) in [5, 5.41) is 7.41. The van der Waals surface area contributed by atoms with Crippen molar-refractivity contribution in [3.63, 3.8) is 0 Å². The van der Waals surface area contributed by atoms with Crippen molar-refractivity contribution in [1.82, 2.24) is 10.6 Å². The lowest BCUT2D eigenvalue weighted by Gasteiger charge is -2.38. The van der Waals surface area contributed by atoms with Crippen LogP contribution in [0.15, 0.2) is 0 Å². The lowest BCUT2D eigenvalue weighted by Crippen LogP contribution is -2.42. The lowest BCUT2D eigenvalue weighted by molar-refractivity contribution is 0.150. The summed E-state index contributed by atoms with van der Waals surface area (Å²) in [5.41, 5.74) is 0.791. The van der Waals surface area contributed by atoms with Crippen LogP contribution in [0.5, 0.6) is 0 Å². The Balaban J connectivity index is 1.78. The number of rotatable bonds is 4. The highest BCUT2D eigenvalue weighted by Gasteiger charge is 2.34. The van der Waals surface area contributed by atoms with Crippen LogP contribution < -0.4 is 10.6 Å². The van der Waals surface area contributed by atoms with Crippen molar-refractivity contribution < 1.29 is 0 Å². The maximum atomic E-state index is 3.81. The van der Waals surface area contributed by atoms with Crippen molar-refractivity contribution in [2.45, 2.75) is 77.8 Å². The van der Waals surface area contributed by atoms with Gasteiger partial charge < -0.3 is 10.6 Å². The van der Waals surface area contributed by atoms with E-state index in [0.29, 0.717) is 17.0 Å². The van der Waals surface area contributed by atoms with E-state index in [4.69, 9.17) is 0 Å². The second-order valence-corrected chi connectivity index (χ2v) is 7.87. The summed E-state index contributed by atoms with van der Waals surface area (Å²) in [7, 11) is 0. The van der Waals surface area contributed by atoms with Crippen LogP contribution in [0.4, 0.5) is 0 Å². The first kappa shape index (κ1) is 14.3. The second kappa shape index (κ2) is 5.50. The Kier molecular flexibility index (Phi) is 4.38. The first-order valence-corrected chi connectivity index (χ1v) is 7.87. The number of hydrogen-bond acceptors (Lipinski definition) is 2. The standard InChI is InChI=1S/C16H32N2/c1-15(2,13-8-6-5-7-9-13)12-17-14-10-16(3,4)18-11-14/h13-14,17-18H,5-12H2,1-4H3. The minimum atomic E-state index is 0.326. The Morgan fingerprint density at radius 2 is 1.83 bits per heavy atom. The molecule has 2 fully saturated rings. The lowest BCUT2D eigenvalue weighted by atomic mass is 9.71. The van der Waals surface area contributed by atoms with Gasteiger partial charge in [0.2, 0.25) is 0 Å². The van der Waals surface area contributed by atoms with Gasteiger partial charge in [0.25, 0.3) is 0 Å². The third-order valence-electron chi connectivity index (χ3n) is 5.14. The molecule has 2 aliphatic rings. The predicted octanol–water partition coefficient (Wildman–Crippen LogP) is 3.32. The van der Waals surface area contributed by atoms with E-state index in [2.05, 4.69) is 38.3 Å². The van der Waals surface area contributed by atoms with Gasteiger partial charge in [0.15, 0.2) is 0 Å². The Labute approximate surface area is 113 Å². The molecular weight excluding hydrogens is 220 g/mol. The van der Waals surface area contributed by atoms with Gasteiger partial charge in [-0.3, -0.25) is 0 Å². The zero-order valence-corrected chi connectivity index (χ0v) is 12.8. The molecule has 2 nitrogen and oxygen atoms in total. The minimum absolute atomic E-state index is 0.326. The van der Waals surface area contributed by atoms with Crippen LogP contribution in [0.3, 0.4) is 0 Å². The zero-order valence-electron chi connectivity index (χ0n) is 12.8. The molecule has 0 amide bonds. The van der Waals surface area contributed by atoms with Gasteiger partial charge in [-0.15, -0.1) is 0 Å². The Hall–Kier alpha value is -0.0800. The summed E-state index contributed by atoms with van der Waals surface area (Å²) in [6, 6.07) is 0.669. The maximum Gasteiger partial charge on any atom is 0.0210 e. The van der Waals surface area contributed by atoms with E-state index in [1.165, 1.54) is 45.1 Å². The highest BCUT2D eigenvalue weighted by Crippen LogP contribution is 2.37. The summed E-state index contributed by atoms with van der Waals surface area (Å²) >= 11 is 0. The smallest absolute Gasteiger partial charge is 0.0210 e. The Morgan fingerprint density at radius 3 is 2.39 bits per heavy atom. The third-order valence-corrected chi connectivity index (χ3v) is 5.14. The summed E-state index contributed by atoms with van der Waals surface area (Å²) in [4.78, 5) is 0. The molecule has 2 rings (SSSR count). The molecule has 0 aromatic heterocycles. The fraction of sp³-hybridized carbons (Fsp3) is 1.00. The van der Waals surface area contributed by atoms with Crippen molar-refractivity contribution in [2.24, 2.45) is 11.3 Å². The average Bonchev–Trinajstić information content (AvgIpc) is 2.68. The van der Waals surface area contributed by atoms with Crippen LogP contribution in [-0.4, -0.2) is 24.7 Å². The van der Waals surface area contributed by atoms with Crippen molar-refractivity contribution in [1.29, 1.82) is 0 Å². The van der Waals surface area contributed by atoms with Gasteiger partial charge in [-0.25, -0.2) is 0 Å². The fourth-order valence-corrected chi connectivity index (χ4v) is 3.74. The summed E-state index contributed by atoms with van der Waals surface area (Å²) in [5.74, 6) is 0.932. The van der Waals surface area contributed by atoms with Gasteiger partial charge in [-0.05, 0) is 44.4 Å². The first-order valence-electron chi connectivity index (χ1n) is 7.87. The topological polar surface area (TPSA) is 24.1 Å². The normalized spacial score (nSPS) is 29.7. The molecule has 0 radical (unpaired) electrons. The third kappa shape index (κ3) is 3.71. The molecule has 1 heterocycles. The Bertz CT molecular complexity index is 264. The van der Waals surface area contributed by atoms with Gasteiger partial charge in [-0.2, -0.15) is 0 Å². The van der Waals surface area contributed by atoms with E-state index < -0.39 is 0 Å². The highest BCUT2D eigenvalue weighted by molar-refractivity contribution is 4.94. The van der Waals surface area contributed by atoms with E-state index in [1.54, 1.807) is 0 Å². The molecule has 0 aromatic carbocycles. The van der Waals surface area contributed by atoms with Crippen LogP contribution >= 0.6 is 0 Å². The monoisotopic (exact) mass is 252 g/mol. The predicted molar refractivity (Wildman–Crippen MR) is 78.8 cm³/mol. The minimum Gasteiger partial charge on any atom is -0.312 e. The van der Waals surface area contributed by atoms with Crippen molar-refractivity contribution in [3.8, 4) is 0 Å². The van der Waals surface area contributed by atoms with Gasteiger partial charge in [0, 0.05) is 24.7 Å². The zero-order chi connectivity index (χ0) is 13.2. The van der Waals surface area contributed by atoms with Crippen LogP contribution in [-0.2, 0) is 0 Å². The molecule has 18 heavy (non-hydrogen) atoms. The molecule has 1 aliphatic heterocycles. The molecule has 0 bridgehead atoms. The highest BCUT2D eigenvalue weighted by atomic mass is 15.1. The summed E-state index contributed by atoms with van der Waals surface area (Å²) in [6.45, 7) is 11.8. The first-order chi connectivity index (χ1) is 8.39. The fourth-order valence-electron chi connectivity index (χ4n) is 3.74. The molecule has 2 N–H and O–H groups in total. The molecule has 0 spiro atoms. The van der Waals surface area contributed by atoms with E-state index in [1.807, 2.05) is 0 Å². The van der Waals surface area contributed by atoms with Crippen LogP contribution in [0.2, 0.25) is 0 Å².